The minimum Gasteiger partial charge on any atom is -0.493 e. The first-order valence-corrected chi connectivity index (χ1v) is 7.64. The number of amides is 1. The highest BCUT2D eigenvalue weighted by atomic mass is 16.5. The molecular formula is C17H21N3O4. The number of hydrogen-bond donors (Lipinski definition) is 1. The molecule has 1 N–H and O–H groups in total. The zero-order valence-corrected chi connectivity index (χ0v) is 14.0. The molecule has 0 unspecified atom stereocenters. The summed E-state index contributed by atoms with van der Waals surface area (Å²) in [7, 11) is 3.06. The number of nitrogens with zero attached hydrogens (tertiary/aromatic N) is 2. The Hall–Kier alpha value is -2.83. The van der Waals surface area contributed by atoms with Gasteiger partial charge < -0.3 is 14.8 Å². The van der Waals surface area contributed by atoms with E-state index in [1.807, 2.05) is 6.92 Å². The van der Waals surface area contributed by atoms with E-state index in [0.29, 0.717) is 17.2 Å². The van der Waals surface area contributed by atoms with Gasteiger partial charge in [-0.25, -0.2) is 4.98 Å². The number of benzene rings is 1. The first-order valence-electron chi connectivity index (χ1n) is 7.64. The fraction of sp³-hybridized carbons (Fsp3) is 0.353. The van der Waals surface area contributed by atoms with Crippen LogP contribution in [0.1, 0.15) is 19.0 Å². The number of aromatic nitrogens is 2. The van der Waals surface area contributed by atoms with Crippen molar-refractivity contribution in [1.29, 1.82) is 0 Å². The second kappa shape index (κ2) is 8.14. The molecule has 2 aromatic rings. The number of hydrogen-bond acceptors (Lipinski definition) is 5. The summed E-state index contributed by atoms with van der Waals surface area (Å²) in [5.41, 5.74) is 1.05. The van der Waals surface area contributed by atoms with E-state index in [2.05, 4.69) is 10.3 Å². The van der Waals surface area contributed by atoms with E-state index in [9.17, 15) is 9.59 Å². The van der Waals surface area contributed by atoms with E-state index in [1.165, 1.54) is 31.2 Å². The van der Waals surface area contributed by atoms with Crippen LogP contribution in [0.2, 0.25) is 0 Å². The summed E-state index contributed by atoms with van der Waals surface area (Å²) >= 11 is 0. The Labute approximate surface area is 140 Å². The number of anilines is 1. The first kappa shape index (κ1) is 17.5. The van der Waals surface area contributed by atoms with Crippen molar-refractivity contribution >= 4 is 11.6 Å². The molecule has 7 heteroatoms. The van der Waals surface area contributed by atoms with Crippen LogP contribution in [0, 0.1) is 0 Å². The molecule has 0 fully saturated rings. The highest BCUT2D eigenvalue weighted by molar-refractivity contribution is 5.90. The van der Waals surface area contributed by atoms with Crippen molar-refractivity contribution < 1.29 is 14.3 Å². The summed E-state index contributed by atoms with van der Waals surface area (Å²) in [4.78, 5) is 28.3. The quantitative estimate of drug-likeness (QED) is 0.837. The van der Waals surface area contributed by atoms with Gasteiger partial charge in [0.05, 0.1) is 20.5 Å². The molecule has 24 heavy (non-hydrogen) atoms. The number of nitrogens with one attached hydrogen (secondary N) is 1. The van der Waals surface area contributed by atoms with E-state index in [1.54, 1.807) is 18.2 Å². The van der Waals surface area contributed by atoms with E-state index in [-0.39, 0.29) is 18.0 Å². The van der Waals surface area contributed by atoms with Gasteiger partial charge in [0.2, 0.25) is 5.91 Å². The Kier molecular flexibility index (Phi) is 5.95. The molecular weight excluding hydrogens is 310 g/mol. The van der Waals surface area contributed by atoms with E-state index >= 15 is 0 Å². The van der Waals surface area contributed by atoms with Gasteiger partial charge in [0.1, 0.15) is 6.54 Å². The Morgan fingerprint density at radius 1 is 1.21 bits per heavy atom. The number of carbonyl (C=O) groups is 1. The molecule has 1 aromatic carbocycles. The van der Waals surface area contributed by atoms with Crippen molar-refractivity contribution in [1.82, 2.24) is 9.55 Å². The topological polar surface area (TPSA) is 82.5 Å². The zero-order valence-electron chi connectivity index (χ0n) is 14.0. The van der Waals surface area contributed by atoms with Crippen molar-refractivity contribution in [3.8, 4) is 11.5 Å². The number of carbonyl (C=O) groups excluding carboxylic acids is 1. The average Bonchev–Trinajstić information content (AvgIpc) is 2.57. The standard InChI is InChI=1S/C17H21N3O4/c1-4-5-12-9-17(22)20(11-18-12)10-16(21)19-13-6-7-14(23-2)15(8-13)24-3/h6-9,11H,4-5,10H2,1-3H3,(H,19,21). The molecule has 1 heterocycles. The lowest BCUT2D eigenvalue weighted by Crippen LogP contribution is -2.27. The molecule has 0 saturated heterocycles. The molecule has 0 saturated carbocycles. The lowest BCUT2D eigenvalue weighted by atomic mass is 10.2. The first-order chi connectivity index (χ1) is 11.6. The average molecular weight is 331 g/mol. The third-order valence-corrected chi connectivity index (χ3v) is 3.42. The number of aryl methyl sites for hydroxylation is 1. The van der Waals surface area contributed by atoms with Crippen molar-refractivity contribution in [2.75, 3.05) is 19.5 Å². The maximum atomic E-state index is 12.1. The second-order valence-electron chi connectivity index (χ2n) is 5.21. The summed E-state index contributed by atoms with van der Waals surface area (Å²) < 4.78 is 11.6. The van der Waals surface area contributed by atoms with Crippen molar-refractivity contribution in [2.24, 2.45) is 0 Å². The Morgan fingerprint density at radius 2 is 1.96 bits per heavy atom. The molecule has 2 rings (SSSR count). The molecule has 1 amide bonds. The minimum atomic E-state index is -0.325. The normalized spacial score (nSPS) is 10.3. The fourth-order valence-electron chi connectivity index (χ4n) is 2.24. The predicted octanol–water partition coefficient (Wildman–Crippen LogP) is 1.85. The van der Waals surface area contributed by atoms with Crippen LogP contribution in [-0.2, 0) is 17.8 Å². The van der Waals surface area contributed by atoms with Crippen LogP contribution in [0.5, 0.6) is 11.5 Å². The molecule has 128 valence electrons. The van der Waals surface area contributed by atoms with Gasteiger partial charge in [-0.15, -0.1) is 0 Å². The smallest absolute Gasteiger partial charge is 0.253 e. The third-order valence-electron chi connectivity index (χ3n) is 3.42. The molecule has 0 aliphatic carbocycles. The van der Waals surface area contributed by atoms with Crippen LogP contribution in [0.25, 0.3) is 0 Å². The summed E-state index contributed by atoms with van der Waals surface area (Å²) in [5.74, 6) is 0.759. The molecule has 0 atom stereocenters. The van der Waals surface area contributed by atoms with Crippen molar-refractivity contribution in [2.45, 2.75) is 26.3 Å². The predicted molar refractivity (Wildman–Crippen MR) is 90.7 cm³/mol. The van der Waals surface area contributed by atoms with Gasteiger partial charge in [0.25, 0.3) is 5.56 Å². The SMILES string of the molecule is CCCc1cc(=O)n(CC(=O)Nc2ccc(OC)c(OC)c2)cn1. The van der Waals surface area contributed by atoms with Gasteiger partial charge >= 0.3 is 0 Å². The largest absolute Gasteiger partial charge is 0.493 e. The number of methoxy groups -OCH3 is 2. The number of rotatable bonds is 7. The van der Waals surface area contributed by atoms with Crippen molar-refractivity contribution in [3.05, 3.63) is 46.6 Å². The number of ether oxygens (including phenoxy) is 2. The Balaban J connectivity index is 2.07. The van der Waals surface area contributed by atoms with Gasteiger partial charge in [-0.05, 0) is 18.6 Å². The second-order valence-corrected chi connectivity index (χ2v) is 5.21. The Bertz CT molecular complexity index is 771. The van der Waals surface area contributed by atoms with Crippen molar-refractivity contribution in [3.63, 3.8) is 0 Å². The monoisotopic (exact) mass is 331 g/mol. The maximum Gasteiger partial charge on any atom is 0.253 e. The van der Waals surface area contributed by atoms with E-state index in [0.717, 1.165) is 18.5 Å². The lowest BCUT2D eigenvalue weighted by Gasteiger charge is -2.11. The van der Waals surface area contributed by atoms with Crippen LogP contribution in [0.15, 0.2) is 35.4 Å². The lowest BCUT2D eigenvalue weighted by molar-refractivity contribution is -0.116. The molecule has 7 nitrogen and oxygen atoms in total. The molecule has 0 spiro atoms. The fourth-order valence-corrected chi connectivity index (χ4v) is 2.24. The molecule has 0 aliphatic heterocycles. The summed E-state index contributed by atoms with van der Waals surface area (Å²) in [6.45, 7) is 1.91. The highest BCUT2D eigenvalue weighted by Gasteiger charge is 2.09. The molecule has 0 aliphatic rings. The van der Waals surface area contributed by atoms with Crippen LogP contribution >= 0.6 is 0 Å². The van der Waals surface area contributed by atoms with Crippen LogP contribution in [0.4, 0.5) is 5.69 Å². The van der Waals surface area contributed by atoms with Gasteiger partial charge in [-0.2, -0.15) is 0 Å². The molecule has 0 radical (unpaired) electrons. The summed E-state index contributed by atoms with van der Waals surface area (Å²) in [6, 6.07) is 6.52. The molecule has 0 bridgehead atoms. The molecule has 1 aromatic heterocycles. The Morgan fingerprint density at radius 3 is 2.58 bits per heavy atom. The van der Waals surface area contributed by atoms with Crippen LogP contribution in [-0.4, -0.2) is 29.7 Å². The summed E-state index contributed by atoms with van der Waals surface area (Å²) in [5, 5.41) is 2.72. The highest BCUT2D eigenvalue weighted by Crippen LogP contribution is 2.29. The van der Waals surface area contributed by atoms with Gasteiger partial charge in [0.15, 0.2) is 11.5 Å². The zero-order chi connectivity index (χ0) is 17.5. The van der Waals surface area contributed by atoms with Crippen LogP contribution < -0.4 is 20.3 Å². The van der Waals surface area contributed by atoms with Crippen LogP contribution in [0.3, 0.4) is 0 Å². The minimum absolute atomic E-state index is 0.105. The van der Waals surface area contributed by atoms with Gasteiger partial charge in [-0.1, -0.05) is 13.3 Å². The van der Waals surface area contributed by atoms with Gasteiger partial charge in [-0.3, -0.25) is 14.2 Å². The van der Waals surface area contributed by atoms with E-state index < -0.39 is 0 Å². The third kappa shape index (κ3) is 4.34. The van der Waals surface area contributed by atoms with E-state index in [4.69, 9.17) is 9.47 Å². The van der Waals surface area contributed by atoms with Gasteiger partial charge in [0, 0.05) is 23.5 Å². The summed E-state index contributed by atoms with van der Waals surface area (Å²) in [6.07, 6.45) is 3.06. The maximum absolute atomic E-state index is 12.1.